The van der Waals surface area contributed by atoms with E-state index in [-0.39, 0.29) is 5.41 Å². The van der Waals surface area contributed by atoms with Gasteiger partial charge in [-0.2, -0.15) is 0 Å². The van der Waals surface area contributed by atoms with Crippen LogP contribution >= 0.6 is 23.2 Å². The third-order valence-electron chi connectivity index (χ3n) is 5.58. The van der Waals surface area contributed by atoms with E-state index in [1.165, 1.54) is 24.0 Å². The first-order valence-electron chi connectivity index (χ1n) is 7.83. The van der Waals surface area contributed by atoms with Gasteiger partial charge < -0.3 is 9.88 Å². The molecule has 0 spiro atoms. The van der Waals surface area contributed by atoms with Crippen LogP contribution in [0.1, 0.15) is 24.0 Å². The van der Waals surface area contributed by atoms with Crippen molar-refractivity contribution in [1.82, 2.24) is 9.88 Å². The predicted molar refractivity (Wildman–Crippen MR) is 91.8 cm³/mol. The number of hydrogen-bond acceptors (Lipinski definition) is 1. The molecule has 1 saturated carbocycles. The van der Waals surface area contributed by atoms with Crippen molar-refractivity contribution in [3.8, 4) is 0 Å². The zero-order valence-electron chi connectivity index (χ0n) is 12.7. The number of nitrogens with one attached hydrogen (secondary N) is 1. The Morgan fingerprint density at radius 2 is 2.09 bits per heavy atom. The van der Waals surface area contributed by atoms with E-state index in [1.807, 2.05) is 6.07 Å². The van der Waals surface area contributed by atoms with Crippen LogP contribution in [0, 0.1) is 12.3 Å². The number of rotatable bonds is 3. The zero-order valence-corrected chi connectivity index (χ0v) is 14.2. The van der Waals surface area contributed by atoms with E-state index in [0.29, 0.717) is 15.5 Å². The van der Waals surface area contributed by atoms with Crippen molar-refractivity contribution in [2.24, 2.45) is 5.41 Å². The monoisotopic (exact) mass is 334 g/mol. The number of benzene rings is 1. The standard InChI is InChI=1S/C18H20Cl2N2/c1-13-4-7-22(9-13)12-17-10-18(17,5-6-21-11-17)14-2-3-15(19)16(20)8-14/h2-4,7-9,21H,5-6,10-12H2,1H3. The number of piperidine rings is 1. The van der Waals surface area contributed by atoms with Gasteiger partial charge in [-0.3, -0.25) is 0 Å². The summed E-state index contributed by atoms with van der Waals surface area (Å²) in [5.41, 5.74) is 3.23. The Labute approximate surface area is 141 Å². The largest absolute Gasteiger partial charge is 0.353 e. The lowest BCUT2D eigenvalue weighted by atomic mass is 9.81. The molecule has 1 N–H and O–H groups in total. The molecule has 1 aliphatic heterocycles. The molecule has 1 aromatic heterocycles. The van der Waals surface area contributed by atoms with E-state index in [9.17, 15) is 0 Å². The fraction of sp³-hybridized carbons (Fsp3) is 0.444. The summed E-state index contributed by atoms with van der Waals surface area (Å²) in [6, 6.07) is 8.37. The third-order valence-corrected chi connectivity index (χ3v) is 6.32. The summed E-state index contributed by atoms with van der Waals surface area (Å²) in [7, 11) is 0. The van der Waals surface area contributed by atoms with E-state index < -0.39 is 0 Å². The molecule has 116 valence electrons. The maximum absolute atomic E-state index is 6.27. The van der Waals surface area contributed by atoms with Crippen LogP contribution in [0.25, 0.3) is 0 Å². The molecule has 2 unspecified atom stereocenters. The Balaban J connectivity index is 1.69. The number of halogens is 2. The number of nitrogens with zero attached hydrogens (tertiary/aromatic N) is 1. The van der Waals surface area contributed by atoms with Crippen molar-refractivity contribution in [3.05, 3.63) is 57.8 Å². The molecular weight excluding hydrogens is 315 g/mol. The van der Waals surface area contributed by atoms with Crippen LogP contribution < -0.4 is 5.32 Å². The van der Waals surface area contributed by atoms with Gasteiger partial charge in [0, 0.05) is 36.3 Å². The van der Waals surface area contributed by atoms with Crippen LogP contribution in [0.15, 0.2) is 36.7 Å². The molecule has 4 rings (SSSR count). The summed E-state index contributed by atoms with van der Waals surface area (Å²) in [6.45, 7) is 5.36. The van der Waals surface area contributed by atoms with Crippen molar-refractivity contribution in [2.45, 2.75) is 31.7 Å². The van der Waals surface area contributed by atoms with Crippen molar-refractivity contribution in [3.63, 3.8) is 0 Å². The van der Waals surface area contributed by atoms with Crippen molar-refractivity contribution in [1.29, 1.82) is 0 Å². The number of aromatic nitrogens is 1. The van der Waals surface area contributed by atoms with Gasteiger partial charge in [-0.1, -0.05) is 29.3 Å². The minimum Gasteiger partial charge on any atom is -0.353 e. The first kappa shape index (κ1) is 14.6. The molecule has 0 bridgehead atoms. The van der Waals surface area contributed by atoms with Gasteiger partial charge in [0.2, 0.25) is 0 Å². The van der Waals surface area contributed by atoms with Gasteiger partial charge in [0.15, 0.2) is 0 Å². The van der Waals surface area contributed by atoms with Crippen LogP contribution in [-0.2, 0) is 12.0 Å². The highest BCUT2D eigenvalue weighted by molar-refractivity contribution is 6.42. The summed E-state index contributed by atoms with van der Waals surface area (Å²) in [6.07, 6.45) is 6.82. The summed E-state index contributed by atoms with van der Waals surface area (Å²) in [5.74, 6) is 0. The third kappa shape index (κ3) is 2.12. The van der Waals surface area contributed by atoms with Crippen molar-refractivity contribution in [2.75, 3.05) is 13.1 Å². The topological polar surface area (TPSA) is 17.0 Å². The minimum atomic E-state index is 0.255. The van der Waals surface area contributed by atoms with Gasteiger partial charge in [-0.25, -0.2) is 0 Å². The predicted octanol–water partition coefficient (Wildman–Crippen LogP) is 4.42. The Kier molecular flexibility index (Phi) is 3.34. The van der Waals surface area contributed by atoms with E-state index in [0.717, 1.165) is 19.6 Å². The van der Waals surface area contributed by atoms with Crippen molar-refractivity contribution < 1.29 is 0 Å². The molecule has 22 heavy (non-hydrogen) atoms. The fourth-order valence-electron chi connectivity index (χ4n) is 4.37. The molecule has 2 aliphatic rings. The van der Waals surface area contributed by atoms with Crippen LogP contribution in [0.5, 0.6) is 0 Å². The van der Waals surface area contributed by atoms with Gasteiger partial charge >= 0.3 is 0 Å². The average Bonchev–Trinajstić information content (AvgIpc) is 3.01. The molecule has 2 fully saturated rings. The first-order valence-corrected chi connectivity index (χ1v) is 8.59. The summed E-state index contributed by atoms with van der Waals surface area (Å²) in [4.78, 5) is 0. The van der Waals surface area contributed by atoms with Gasteiger partial charge in [0.05, 0.1) is 10.0 Å². The highest BCUT2D eigenvalue weighted by atomic mass is 35.5. The molecular formula is C18H20Cl2N2. The summed E-state index contributed by atoms with van der Waals surface area (Å²) in [5, 5.41) is 4.90. The minimum absolute atomic E-state index is 0.255. The van der Waals surface area contributed by atoms with E-state index in [4.69, 9.17) is 23.2 Å². The Morgan fingerprint density at radius 1 is 1.23 bits per heavy atom. The smallest absolute Gasteiger partial charge is 0.0595 e. The van der Waals surface area contributed by atoms with Gasteiger partial charge in [-0.05, 0) is 55.6 Å². The fourth-order valence-corrected chi connectivity index (χ4v) is 4.66. The summed E-state index contributed by atoms with van der Waals surface area (Å²) < 4.78 is 2.33. The maximum atomic E-state index is 6.27. The molecule has 0 amide bonds. The van der Waals surface area contributed by atoms with Crippen LogP contribution in [0.2, 0.25) is 10.0 Å². The molecule has 2 aromatic rings. The van der Waals surface area contributed by atoms with Crippen molar-refractivity contribution >= 4 is 23.2 Å². The second-order valence-electron chi connectivity index (χ2n) is 6.96. The summed E-state index contributed by atoms with van der Waals surface area (Å²) >= 11 is 12.4. The molecule has 2 nitrogen and oxygen atoms in total. The highest BCUT2D eigenvalue weighted by Crippen LogP contribution is 2.68. The highest BCUT2D eigenvalue weighted by Gasteiger charge is 2.68. The van der Waals surface area contributed by atoms with Gasteiger partial charge in [0.1, 0.15) is 0 Å². The second-order valence-corrected chi connectivity index (χ2v) is 7.77. The molecule has 2 atom stereocenters. The van der Waals surface area contributed by atoms with Crippen LogP contribution in [-0.4, -0.2) is 17.7 Å². The Morgan fingerprint density at radius 3 is 2.82 bits per heavy atom. The first-order chi connectivity index (χ1) is 10.5. The van der Waals surface area contributed by atoms with Gasteiger partial charge in [0.25, 0.3) is 0 Å². The quantitative estimate of drug-likeness (QED) is 0.878. The van der Waals surface area contributed by atoms with Crippen LogP contribution in [0.4, 0.5) is 0 Å². The number of aryl methyl sites for hydroxylation is 1. The molecule has 2 heterocycles. The molecule has 0 radical (unpaired) electrons. The maximum Gasteiger partial charge on any atom is 0.0595 e. The molecule has 1 aromatic carbocycles. The molecule has 1 saturated heterocycles. The number of hydrogen-bond donors (Lipinski definition) is 1. The SMILES string of the molecule is Cc1ccn(CC23CNCCC2(c2ccc(Cl)c(Cl)c2)C3)c1. The molecule has 4 heteroatoms. The lowest BCUT2D eigenvalue weighted by molar-refractivity contribution is 0.285. The van der Waals surface area contributed by atoms with E-state index in [1.54, 1.807) is 0 Å². The molecule has 1 aliphatic carbocycles. The van der Waals surface area contributed by atoms with Crippen LogP contribution in [0.3, 0.4) is 0 Å². The van der Waals surface area contributed by atoms with Gasteiger partial charge in [-0.15, -0.1) is 0 Å². The Hall–Kier alpha value is -0.960. The lowest BCUT2D eigenvalue weighted by Crippen LogP contribution is -2.40. The number of fused-ring (bicyclic) bond motifs is 1. The zero-order chi connectivity index (χ0) is 15.4. The normalized spacial score (nSPS) is 30.1. The van der Waals surface area contributed by atoms with E-state index in [2.05, 4.69) is 47.4 Å². The average molecular weight is 335 g/mol. The lowest BCUT2D eigenvalue weighted by Gasteiger charge is -2.32. The Bertz CT molecular complexity index is 724. The second kappa shape index (κ2) is 5.02. The van der Waals surface area contributed by atoms with E-state index >= 15 is 0 Å².